The number of carbonyl (C=O) groups excluding carboxylic acids is 1. The Morgan fingerprint density at radius 3 is 2.61 bits per heavy atom. The number of phenolic OH excluding ortho intramolecular Hbond substituents is 1. The maximum absolute atomic E-state index is 12.6. The van der Waals surface area contributed by atoms with Crippen molar-refractivity contribution in [3.63, 3.8) is 0 Å². The quantitative estimate of drug-likeness (QED) is 0.896. The SMILES string of the molecule is COc1ccc(C(=O)N2CCC(N3CCN(C)CC3)C2)cc1O. The molecule has 0 spiro atoms. The molecule has 23 heavy (non-hydrogen) atoms. The van der Waals surface area contributed by atoms with Gasteiger partial charge in [-0.3, -0.25) is 9.69 Å². The molecule has 0 saturated carbocycles. The van der Waals surface area contributed by atoms with Gasteiger partial charge in [0.1, 0.15) is 0 Å². The van der Waals surface area contributed by atoms with E-state index >= 15 is 0 Å². The van der Waals surface area contributed by atoms with E-state index in [-0.39, 0.29) is 11.7 Å². The summed E-state index contributed by atoms with van der Waals surface area (Å²) >= 11 is 0. The van der Waals surface area contributed by atoms with E-state index in [2.05, 4.69) is 16.8 Å². The number of rotatable bonds is 3. The summed E-state index contributed by atoms with van der Waals surface area (Å²) in [4.78, 5) is 19.4. The van der Waals surface area contributed by atoms with Crippen molar-refractivity contribution in [2.24, 2.45) is 0 Å². The van der Waals surface area contributed by atoms with Crippen LogP contribution in [-0.2, 0) is 0 Å². The number of methoxy groups -OCH3 is 1. The van der Waals surface area contributed by atoms with E-state index in [0.29, 0.717) is 17.4 Å². The van der Waals surface area contributed by atoms with E-state index in [9.17, 15) is 9.90 Å². The number of phenols is 1. The molecule has 2 heterocycles. The van der Waals surface area contributed by atoms with Gasteiger partial charge in [0.05, 0.1) is 7.11 Å². The average molecular weight is 319 g/mol. The number of benzene rings is 1. The van der Waals surface area contributed by atoms with Gasteiger partial charge in [0.25, 0.3) is 5.91 Å². The highest BCUT2D eigenvalue weighted by Gasteiger charge is 2.32. The van der Waals surface area contributed by atoms with E-state index in [1.54, 1.807) is 12.1 Å². The van der Waals surface area contributed by atoms with Crippen molar-refractivity contribution in [2.75, 3.05) is 53.4 Å². The number of likely N-dealkylation sites (tertiary alicyclic amines) is 1. The van der Waals surface area contributed by atoms with Crippen molar-refractivity contribution in [3.8, 4) is 11.5 Å². The maximum atomic E-state index is 12.6. The molecule has 126 valence electrons. The molecule has 2 aliphatic rings. The summed E-state index contributed by atoms with van der Waals surface area (Å²) in [5, 5.41) is 9.86. The van der Waals surface area contributed by atoms with E-state index in [1.807, 2.05) is 4.90 Å². The van der Waals surface area contributed by atoms with Crippen LogP contribution in [0.2, 0.25) is 0 Å². The van der Waals surface area contributed by atoms with E-state index in [4.69, 9.17) is 4.74 Å². The van der Waals surface area contributed by atoms with Crippen LogP contribution in [0.4, 0.5) is 0 Å². The highest BCUT2D eigenvalue weighted by Crippen LogP contribution is 2.27. The molecule has 2 fully saturated rings. The molecule has 3 rings (SSSR count). The largest absolute Gasteiger partial charge is 0.504 e. The third kappa shape index (κ3) is 3.43. The molecule has 0 aromatic heterocycles. The van der Waals surface area contributed by atoms with Crippen LogP contribution >= 0.6 is 0 Å². The van der Waals surface area contributed by atoms with Crippen molar-refractivity contribution >= 4 is 5.91 Å². The first-order valence-corrected chi connectivity index (χ1v) is 8.17. The fourth-order valence-corrected chi connectivity index (χ4v) is 3.42. The Labute approximate surface area is 137 Å². The van der Waals surface area contributed by atoms with Crippen LogP contribution in [0.25, 0.3) is 0 Å². The van der Waals surface area contributed by atoms with Crippen LogP contribution in [0.3, 0.4) is 0 Å². The second-order valence-corrected chi connectivity index (χ2v) is 6.42. The second-order valence-electron chi connectivity index (χ2n) is 6.42. The number of likely N-dealkylation sites (N-methyl/N-ethyl adjacent to an activating group) is 1. The lowest BCUT2D eigenvalue weighted by Crippen LogP contribution is -2.50. The van der Waals surface area contributed by atoms with Crippen molar-refractivity contribution in [1.82, 2.24) is 14.7 Å². The van der Waals surface area contributed by atoms with Gasteiger partial charge in [0, 0.05) is 50.9 Å². The van der Waals surface area contributed by atoms with Crippen molar-refractivity contribution in [2.45, 2.75) is 12.5 Å². The minimum atomic E-state index is -0.0143. The number of ether oxygens (including phenoxy) is 1. The molecule has 0 bridgehead atoms. The van der Waals surface area contributed by atoms with Gasteiger partial charge < -0.3 is 19.6 Å². The molecular weight excluding hydrogens is 294 g/mol. The first-order valence-electron chi connectivity index (χ1n) is 8.17. The number of amides is 1. The normalized spacial score (nSPS) is 23.2. The Hall–Kier alpha value is -1.79. The van der Waals surface area contributed by atoms with Gasteiger partial charge in [0.2, 0.25) is 0 Å². The maximum Gasteiger partial charge on any atom is 0.254 e. The number of aromatic hydroxyl groups is 1. The fourth-order valence-electron chi connectivity index (χ4n) is 3.42. The highest BCUT2D eigenvalue weighted by molar-refractivity contribution is 5.95. The summed E-state index contributed by atoms with van der Waals surface area (Å²) in [5.41, 5.74) is 0.516. The molecule has 0 radical (unpaired) electrons. The topological polar surface area (TPSA) is 56.2 Å². The summed E-state index contributed by atoms with van der Waals surface area (Å²) in [7, 11) is 3.65. The van der Waals surface area contributed by atoms with Crippen LogP contribution in [0.15, 0.2) is 18.2 Å². The molecule has 6 nitrogen and oxygen atoms in total. The van der Waals surface area contributed by atoms with Gasteiger partial charge in [0.15, 0.2) is 11.5 Å². The Morgan fingerprint density at radius 2 is 1.96 bits per heavy atom. The smallest absolute Gasteiger partial charge is 0.254 e. The van der Waals surface area contributed by atoms with E-state index in [0.717, 1.165) is 45.7 Å². The summed E-state index contributed by atoms with van der Waals surface area (Å²) in [6.45, 7) is 5.89. The van der Waals surface area contributed by atoms with E-state index in [1.165, 1.54) is 13.2 Å². The fraction of sp³-hybridized carbons (Fsp3) is 0.588. The molecule has 2 saturated heterocycles. The molecule has 1 aromatic rings. The van der Waals surface area contributed by atoms with Crippen LogP contribution in [0.5, 0.6) is 11.5 Å². The molecule has 1 unspecified atom stereocenters. The Kier molecular flexibility index (Phi) is 4.73. The third-order valence-corrected chi connectivity index (χ3v) is 4.93. The predicted molar refractivity (Wildman–Crippen MR) is 88.0 cm³/mol. The molecular formula is C17H25N3O3. The molecule has 1 amide bonds. The van der Waals surface area contributed by atoms with Gasteiger partial charge in [-0.2, -0.15) is 0 Å². The van der Waals surface area contributed by atoms with Crippen LogP contribution in [0.1, 0.15) is 16.8 Å². The first-order chi connectivity index (χ1) is 11.1. The zero-order chi connectivity index (χ0) is 16.4. The molecule has 1 atom stereocenters. The second kappa shape index (κ2) is 6.76. The molecule has 1 aromatic carbocycles. The lowest BCUT2D eigenvalue weighted by molar-refractivity contribution is 0.0755. The Bertz CT molecular complexity index is 570. The molecule has 0 aliphatic carbocycles. The number of hydrogen-bond donors (Lipinski definition) is 1. The van der Waals surface area contributed by atoms with Crippen molar-refractivity contribution in [3.05, 3.63) is 23.8 Å². The zero-order valence-electron chi connectivity index (χ0n) is 13.9. The highest BCUT2D eigenvalue weighted by atomic mass is 16.5. The third-order valence-electron chi connectivity index (χ3n) is 4.93. The number of carbonyl (C=O) groups is 1. The van der Waals surface area contributed by atoms with Crippen molar-refractivity contribution < 1.29 is 14.6 Å². The summed E-state index contributed by atoms with van der Waals surface area (Å²) < 4.78 is 5.02. The van der Waals surface area contributed by atoms with Crippen LogP contribution in [0, 0.1) is 0 Å². The Morgan fingerprint density at radius 1 is 1.22 bits per heavy atom. The van der Waals surface area contributed by atoms with Gasteiger partial charge in [-0.05, 0) is 31.7 Å². The minimum Gasteiger partial charge on any atom is -0.504 e. The monoisotopic (exact) mass is 319 g/mol. The average Bonchev–Trinajstić information content (AvgIpc) is 3.04. The number of hydrogen-bond acceptors (Lipinski definition) is 5. The first kappa shape index (κ1) is 16.1. The molecule has 2 aliphatic heterocycles. The minimum absolute atomic E-state index is 0.00756. The zero-order valence-corrected chi connectivity index (χ0v) is 13.9. The van der Waals surface area contributed by atoms with Crippen LogP contribution < -0.4 is 4.74 Å². The van der Waals surface area contributed by atoms with Crippen LogP contribution in [-0.4, -0.2) is 85.2 Å². The Balaban J connectivity index is 1.62. The lowest BCUT2D eigenvalue weighted by Gasteiger charge is -2.36. The van der Waals surface area contributed by atoms with Crippen molar-refractivity contribution in [1.29, 1.82) is 0 Å². The van der Waals surface area contributed by atoms with Gasteiger partial charge in [-0.15, -0.1) is 0 Å². The standard InChI is InChI=1S/C17H25N3O3/c1-18-7-9-19(10-8-18)14-5-6-20(12-14)17(22)13-3-4-16(23-2)15(21)11-13/h3-4,11,14,21H,5-10,12H2,1-2H3. The summed E-state index contributed by atoms with van der Waals surface area (Å²) in [5.74, 6) is 0.381. The summed E-state index contributed by atoms with van der Waals surface area (Å²) in [6, 6.07) is 5.30. The molecule has 1 N–H and O–H groups in total. The number of piperazine rings is 1. The summed E-state index contributed by atoms with van der Waals surface area (Å²) in [6.07, 6.45) is 1.03. The molecule has 6 heteroatoms. The number of nitrogens with zero attached hydrogens (tertiary/aromatic N) is 3. The van der Waals surface area contributed by atoms with Gasteiger partial charge in [-0.25, -0.2) is 0 Å². The lowest BCUT2D eigenvalue weighted by atomic mass is 10.1. The van der Waals surface area contributed by atoms with E-state index < -0.39 is 0 Å². The predicted octanol–water partition coefficient (Wildman–Crippen LogP) is 0.863. The van der Waals surface area contributed by atoms with Gasteiger partial charge in [-0.1, -0.05) is 0 Å². The van der Waals surface area contributed by atoms with Gasteiger partial charge >= 0.3 is 0 Å².